The van der Waals surface area contributed by atoms with Gasteiger partial charge in [-0.05, 0) is 54.8 Å². The molecule has 0 nitrogen and oxygen atoms in total. The van der Waals surface area contributed by atoms with Crippen LogP contribution in [0.4, 0.5) is 0 Å². The second kappa shape index (κ2) is 19.0. The van der Waals surface area contributed by atoms with E-state index in [4.69, 9.17) is 0 Å². The van der Waals surface area contributed by atoms with Crippen LogP contribution in [0, 0.1) is 35.5 Å². The van der Waals surface area contributed by atoms with Crippen LogP contribution in [-0.4, -0.2) is 0 Å². The number of hydrogen-bond acceptors (Lipinski definition) is 0. The average Bonchev–Trinajstić information content (AvgIpc) is 2.10. The molecule has 0 atom stereocenters. The molecule has 0 saturated carbocycles. The van der Waals surface area contributed by atoms with Crippen LogP contribution in [0.3, 0.4) is 0 Å². The minimum absolute atomic E-state index is 0. The lowest BCUT2D eigenvalue weighted by molar-refractivity contribution is 0.469. The average molecular weight is 317 g/mol. The predicted molar refractivity (Wildman–Crippen MR) is 110 cm³/mol. The van der Waals surface area contributed by atoms with E-state index in [1.807, 2.05) is 0 Å². The molecule has 0 saturated heterocycles. The fourth-order valence-electron chi connectivity index (χ4n) is 2.83. The Morgan fingerprint density at radius 1 is 0.318 bits per heavy atom. The van der Waals surface area contributed by atoms with E-state index < -0.39 is 0 Å². The fourth-order valence-corrected chi connectivity index (χ4v) is 2.83. The lowest BCUT2D eigenvalue weighted by Gasteiger charge is -2.05. The Labute approximate surface area is 145 Å². The van der Waals surface area contributed by atoms with Gasteiger partial charge in [-0.15, -0.1) is 0 Å². The fraction of sp³-hybridized carbons (Fsp3) is 1.00. The summed E-state index contributed by atoms with van der Waals surface area (Å²) in [6, 6.07) is 0. The quantitative estimate of drug-likeness (QED) is 0.459. The molecule has 140 valence electrons. The molecule has 0 fully saturated rings. The van der Waals surface area contributed by atoms with Crippen molar-refractivity contribution in [3.8, 4) is 0 Å². The number of hydrogen-bond donors (Lipinski definition) is 0. The predicted octanol–water partition coefficient (Wildman–Crippen LogP) is 8.70. The first-order valence-corrected chi connectivity index (χ1v) is 9.38. The van der Waals surface area contributed by atoms with Crippen molar-refractivity contribution in [1.29, 1.82) is 0 Å². The summed E-state index contributed by atoms with van der Waals surface area (Å²) in [7, 11) is 0. The molecule has 0 rings (SSSR count). The van der Waals surface area contributed by atoms with Gasteiger partial charge in [-0.25, -0.2) is 0 Å². The summed E-state index contributed by atoms with van der Waals surface area (Å²) < 4.78 is 0. The molecule has 0 spiro atoms. The molecule has 0 N–H and O–H groups in total. The van der Waals surface area contributed by atoms with Gasteiger partial charge in [0.15, 0.2) is 0 Å². The molecule has 0 aliphatic heterocycles. The van der Waals surface area contributed by atoms with Gasteiger partial charge in [-0.3, -0.25) is 0 Å². The number of rotatable bonds is 6. The minimum Gasteiger partial charge on any atom is -0.0776 e. The zero-order chi connectivity index (χ0) is 17.6. The van der Waals surface area contributed by atoms with Crippen LogP contribution in [0.5, 0.6) is 0 Å². The molecule has 0 aromatic rings. The molecule has 0 radical (unpaired) electrons. The summed E-state index contributed by atoms with van der Waals surface area (Å²) in [5.41, 5.74) is 0. The molecule has 0 heterocycles. The first kappa shape index (κ1) is 29.9. The normalized spacial score (nSPS) is 10.6. The third-order valence-corrected chi connectivity index (χ3v) is 2.83. The molecular formula is C22H52. The van der Waals surface area contributed by atoms with Crippen molar-refractivity contribution >= 4 is 0 Å². The van der Waals surface area contributed by atoms with E-state index in [0.29, 0.717) is 0 Å². The Bertz CT molecular complexity index is 121. The first-order chi connectivity index (χ1) is 9.38. The van der Waals surface area contributed by atoms with Crippen LogP contribution in [0.15, 0.2) is 0 Å². The molecule has 0 heteroatoms. The lowest BCUT2D eigenvalue weighted by Crippen LogP contribution is -1.93. The highest BCUT2D eigenvalue weighted by molar-refractivity contribution is 4.48. The van der Waals surface area contributed by atoms with Crippen LogP contribution in [0.1, 0.15) is 110 Å². The van der Waals surface area contributed by atoms with Crippen molar-refractivity contribution in [2.75, 3.05) is 0 Å². The van der Waals surface area contributed by atoms with E-state index in [-0.39, 0.29) is 7.43 Å². The van der Waals surface area contributed by atoms with Crippen molar-refractivity contribution in [1.82, 2.24) is 0 Å². The van der Waals surface area contributed by atoms with Crippen LogP contribution >= 0.6 is 0 Å². The first-order valence-electron chi connectivity index (χ1n) is 9.38. The van der Waals surface area contributed by atoms with E-state index in [2.05, 4.69) is 83.1 Å². The van der Waals surface area contributed by atoms with Gasteiger partial charge in [0.1, 0.15) is 0 Å². The topological polar surface area (TPSA) is 0 Å². The minimum atomic E-state index is 0. The van der Waals surface area contributed by atoms with Gasteiger partial charge in [0.25, 0.3) is 0 Å². The Balaban J connectivity index is -0.000000108. The molecule has 0 amide bonds. The van der Waals surface area contributed by atoms with Gasteiger partial charge < -0.3 is 0 Å². The Hall–Kier alpha value is 0. The third kappa shape index (κ3) is 50.1. The summed E-state index contributed by atoms with van der Waals surface area (Å²) in [6.07, 6.45) is 4.08. The maximum Gasteiger partial charge on any atom is -0.0469 e. The van der Waals surface area contributed by atoms with Crippen molar-refractivity contribution in [3.05, 3.63) is 0 Å². The Morgan fingerprint density at radius 2 is 0.409 bits per heavy atom. The monoisotopic (exact) mass is 316 g/mol. The summed E-state index contributed by atoms with van der Waals surface area (Å²) in [5.74, 6) is 5.25. The smallest absolute Gasteiger partial charge is 0.0469 e. The Morgan fingerprint density at radius 3 is 0.409 bits per heavy atom. The standard InChI is InChI=1S/3C7H16.CH4/c3*1-6(2)5-7(3)4;/h3*6-7H,5H2,1-4H3;1H4. The van der Waals surface area contributed by atoms with E-state index in [9.17, 15) is 0 Å². The molecule has 22 heavy (non-hydrogen) atoms. The highest BCUT2D eigenvalue weighted by Gasteiger charge is 1.96. The van der Waals surface area contributed by atoms with Crippen LogP contribution < -0.4 is 0 Å². The molecule has 0 aromatic heterocycles. The van der Waals surface area contributed by atoms with Crippen molar-refractivity contribution in [3.63, 3.8) is 0 Å². The largest absolute Gasteiger partial charge is 0.0776 e. The molecule has 0 aromatic carbocycles. The van der Waals surface area contributed by atoms with Crippen LogP contribution in [0.25, 0.3) is 0 Å². The maximum absolute atomic E-state index is 2.26. The molecule has 0 unspecified atom stereocenters. The summed E-state index contributed by atoms with van der Waals surface area (Å²) in [6.45, 7) is 27.2. The molecule has 0 aliphatic carbocycles. The van der Waals surface area contributed by atoms with Gasteiger partial charge >= 0.3 is 0 Å². The summed E-state index contributed by atoms with van der Waals surface area (Å²) >= 11 is 0. The molecule has 0 bridgehead atoms. The van der Waals surface area contributed by atoms with Crippen molar-refractivity contribution in [2.24, 2.45) is 35.5 Å². The van der Waals surface area contributed by atoms with Gasteiger partial charge in [0, 0.05) is 0 Å². The van der Waals surface area contributed by atoms with E-state index in [1.165, 1.54) is 19.3 Å². The van der Waals surface area contributed by atoms with Gasteiger partial charge in [0.05, 0.1) is 0 Å². The Kier molecular flexibility index (Phi) is 25.9. The maximum atomic E-state index is 2.26. The lowest BCUT2D eigenvalue weighted by atomic mass is 10.0. The highest BCUT2D eigenvalue weighted by atomic mass is 14.0. The zero-order valence-electron chi connectivity index (χ0n) is 17.6. The summed E-state index contributed by atoms with van der Waals surface area (Å²) in [4.78, 5) is 0. The third-order valence-electron chi connectivity index (χ3n) is 2.83. The van der Waals surface area contributed by atoms with E-state index in [1.54, 1.807) is 0 Å². The van der Waals surface area contributed by atoms with Crippen LogP contribution in [-0.2, 0) is 0 Å². The SMILES string of the molecule is C.CC(C)CC(C)C.CC(C)CC(C)C.CC(C)CC(C)C. The second-order valence-corrected chi connectivity index (χ2v) is 9.07. The zero-order valence-corrected chi connectivity index (χ0v) is 17.6. The molecular weight excluding hydrogens is 264 g/mol. The second-order valence-electron chi connectivity index (χ2n) is 9.07. The van der Waals surface area contributed by atoms with Crippen molar-refractivity contribution < 1.29 is 0 Å². The van der Waals surface area contributed by atoms with E-state index in [0.717, 1.165) is 35.5 Å². The van der Waals surface area contributed by atoms with Crippen molar-refractivity contribution in [2.45, 2.75) is 110 Å². The van der Waals surface area contributed by atoms with E-state index >= 15 is 0 Å². The van der Waals surface area contributed by atoms with Gasteiger partial charge in [-0.1, -0.05) is 90.5 Å². The summed E-state index contributed by atoms with van der Waals surface area (Å²) in [5, 5.41) is 0. The van der Waals surface area contributed by atoms with Crippen LogP contribution in [0.2, 0.25) is 0 Å². The van der Waals surface area contributed by atoms with Gasteiger partial charge in [-0.2, -0.15) is 0 Å². The highest BCUT2D eigenvalue weighted by Crippen LogP contribution is 2.09. The van der Waals surface area contributed by atoms with Gasteiger partial charge in [0.2, 0.25) is 0 Å². The molecule has 0 aliphatic rings.